The lowest BCUT2D eigenvalue weighted by atomic mass is 10.2. The van der Waals surface area contributed by atoms with Gasteiger partial charge >= 0.3 is 0 Å². The number of rotatable bonds is 1. The summed E-state index contributed by atoms with van der Waals surface area (Å²) >= 11 is 5.95. The Morgan fingerprint density at radius 1 is 1.31 bits per heavy atom. The minimum Gasteiger partial charge on any atom is -0.306 e. The van der Waals surface area contributed by atoms with Crippen LogP contribution in [0.2, 0.25) is 5.02 Å². The molecule has 0 spiro atoms. The fourth-order valence-corrected chi connectivity index (χ4v) is 1.40. The van der Waals surface area contributed by atoms with Crippen LogP contribution in [0.15, 0.2) is 24.4 Å². The van der Waals surface area contributed by atoms with Gasteiger partial charge in [-0.2, -0.15) is 5.10 Å². The molecule has 1 aromatic carbocycles. The van der Waals surface area contributed by atoms with Gasteiger partial charge in [0.1, 0.15) is 0 Å². The van der Waals surface area contributed by atoms with Gasteiger partial charge in [-0.1, -0.05) is 23.7 Å². The first kappa shape index (κ1) is 8.22. The van der Waals surface area contributed by atoms with Crippen molar-refractivity contribution >= 4 is 28.2 Å². The zero-order valence-corrected chi connectivity index (χ0v) is 7.42. The van der Waals surface area contributed by atoms with Crippen molar-refractivity contribution < 1.29 is 0 Å². The van der Waals surface area contributed by atoms with E-state index in [9.17, 15) is 0 Å². The Hall–Kier alpha value is -1.39. The van der Waals surface area contributed by atoms with E-state index in [2.05, 4.69) is 15.6 Å². The summed E-state index contributed by atoms with van der Waals surface area (Å²) in [5, 5.41) is 9.94. The predicted octanol–water partition coefficient (Wildman–Crippen LogP) is 1.57. The Kier molecular flexibility index (Phi) is 2.00. The molecule has 4 nitrogen and oxygen atoms in total. The van der Waals surface area contributed by atoms with Crippen LogP contribution in [0.1, 0.15) is 0 Å². The van der Waals surface area contributed by atoms with Crippen molar-refractivity contribution in [3.63, 3.8) is 0 Å². The molecule has 5 heteroatoms. The van der Waals surface area contributed by atoms with Crippen molar-refractivity contribution in [2.75, 3.05) is 5.43 Å². The molecule has 0 fully saturated rings. The van der Waals surface area contributed by atoms with Gasteiger partial charge in [0.15, 0.2) is 5.82 Å². The Labute approximate surface area is 79.7 Å². The number of nitrogen functional groups attached to an aromatic ring is 1. The smallest absolute Gasteiger partial charge is 0.170 e. The summed E-state index contributed by atoms with van der Waals surface area (Å²) in [5.41, 5.74) is 2.46. The summed E-state index contributed by atoms with van der Waals surface area (Å²) < 4.78 is 0. The summed E-state index contributed by atoms with van der Waals surface area (Å²) in [6.45, 7) is 0. The van der Waals surface area contributed by atoms with E-state index in [1.54, 1.807) is 12.3 Å². The normalized spacial score (nSPS) is 10.3. The highest BCUT2D eigenvalue weighted by atomic mass is 35.5. The van der Waals surface area contributed by atoms with E-state index in [0.29, 0.717) is 10.8 Å². The van der Waals surface area contributed by atoms with Crippen LogP contribution in [-0.2, 0) is 0 Å². The van der Waals surface area contributed by atoms with Crippen molar-refractivity contribution in [1.82, 2.24) is 10.2 Å². The maximum Gasteiger partial charge on any atom is 0.170 e. The van der Waals surface area contributed by atoms with Crippen LogP contribution in [0.4, 0.5) is 5.82 Å². The second-order valence-corrected chi connectivity index (χ2v) is 2.95. The van der Waals surface area contributed by atoms with Gasteiger partial charge in [-0.25, -0.2) is 5.84 Å². The Balaban J connectivity index is 2.84. The number of anilines is 1. The van der Waals surface area contributed by atoms with Gasteiger partial charge < -0.3 is 5.43 Å². The molecule has 3 N–H and O–H groups in total. The standard InChI is InChI=1S/C8H7ClN4/c9-7-3-1-2-5-6(7)4-11-13-8(5)12-10/h1-4H,10H2,(H,12,13). The molecule has 0 amide bonds. The lowest BCUT2D eigenvalue weighted by molar-refractivity contribution is 1.04. The number of hydrogen-bond donors (Lipinski definition) is 2. The maximum atomic E-state index is 5.95. The van der Waals surface area contributed by atoms with Crippen LogP contribution in [0.3, 0.4) is 0 Å². The molecule has 66 valence electrons. The van der Waals surface area contributed by atoms with Gasteiger partial charge in [0.2, 0.25) is 0 Å². The molecule has 0 unspecified atom stereocenters. The minimum absolute atomic E-state index is 0.528. The minimum atomic E-state index is 0.528. The van der Waals surface area contributed by atoms with Crippen LogP contribution in [0.25, 0.3) is 10.8 Å². The highest BCUT2D eigenvalue weighted by molar-refractivity contribution is 6.35. The lowest BCUT2D eigenvalue weighted by Crippen LogP contribution is -2.09. The summed E-state index contributed by atoms with van der Waals surface area (Å²) in [6, 6.07) is 5.52. The molecular formula is C8H7ClN4. The highest BCUT2D eigenvalue weighted by Gasteiger charge is 2.03. The average molecular weight is 195 g/mol. The van der Waals surface area contributed by atoms with E-state index < -0.39 is 0 Å². The van der Waals surface area contributed by atoms with Crippen molar-refractivity contribution in [3.8, 4) is 0 Å². The van der Waals surface area contributed by atoms with Crippen LogP contribution in [-0.4, -0.2) is 10.2 Å². The average Bonchev–Trinajstić information content (AvgIpc) is 2.18. The molecule has 0 bridgehead atoms. The molecule has 13 heavy (non-hydrogen) atoms. The zero-order chi connectivity index (χ0) is 9.26. The molecule has 0 aliphatic carbocycles. The lowest BCUT2D eigenvalue weighted by Gasteiger charge is -2.03. The summed E-state index contributed by atoms with van der Waals surface area (Å²) in [7, 11) is 0. The zero-order valence-electron chi connectivity index (χ0n) is 6.66. The molecule has 0 saturated heterocycles. The van der Waals surface area contributed by atoms with Gasteiger partial charge in [0.25, 0.3) is 0 Å². The number of fused-ring (bicyclic) bond motifs is 1. The van der Waals surface area contributed by atoms with E-state index in [1.165, 1.54) is 0 Å². The summed E-state index contributed by atoms with van der Waals surface area (Å²) in [6.07, 6.45) is 1.61. The van der Waals surface area contributed by atoms with Crippen LogP contribution >= 0.6 is 11.6 Å². The van der Waals surface area contributed by atoms with E-state index in [-0.39, 0.29) is 0 Å². The molecule has 0 radical (unpaired) electrons. The molecule has 1 aromatic heterocycles. The van der Waals surface area contributed by atoms with Crippen molar-refractivity contribution in [3.05, 3.63) is 29.4 Å². The molecule has 0 atom stereocenters. The number of hydrogen-bond acceptors (Lipinski definition) is 4. The number of nitrogens with two attached hydrogens (primary N) is 1. The molecule has 2 aromatic rings. The Morgan fingerprint density at radius 2 is 2.15 bits per heavy atom. The Morgan fingerprint density at radius 3 is 2.92 bits per heavy atom. The van der Waals surface area contributed by atoms with Crippen molar-refractivity contribution in [2.24, 2.45) is 5.84 Å². The third kappa shape index (κ3) is 1.30. The number of halogens is 1. The first-order chi connectivity index (χ1) is 6.33. The predicted molar refractivity (Wildman–Crippen MR) is 52.4 cm³/mol. The van der Waals surface area contributed by atoms with Gasteiger partial charge in [0, 0.05) is 10.8 Å². The van der Waals surface area contributed by atoms with Gasteiger partial charge in [-0.3, -0.25) is 0 Å². The number of nitrogens with zero attached hydrogens (tertiary/aromatic N) is 2. The number of aromatic nitrogens is 2. The first-order valence-corrected chi connectivity index (χ1v) is 4.07. The second-order valence-electron chi connectivity index (χ2n) is 2.54. The fourth-order valence-electron chi connectivity index (χ4n) is 1.18. The third-order valence-electron chi connectivity index (χ3n) is 1.79. The first-order valence-electron chi connectivity index (χ1n) is 3.69. The molecule has 0 saturated carbocycles. The summed E-state index contributed by atoms with van der Waals surface area (Å²) in [4.78, 5) is 0. The third-order valence-corrected chi connectivity index (χ3v) is 2.12. The SMILES string of the molecule is NNc1nncc2c(Cl)cccc12. The van der Waals surface area contributed by atoms with E-state index in [4.69, 9.17) is 17.4 Å². The number of benzene rings is 1. The molecule has 0 aliphatic rings. The second kappa shape index (κ2) is 3.16. The van der Waals surface area contributed by atoms with Crippen LogP contribution in [0.5, 0.6) is 0 Å². The van der Waals surface area contributed by atoms with E-state index >= 15 is 0 Å². The van der Waals surface area contributed by atoms with E-state index in [1.807, 2.05) is 12.1 Å². The maximum absolute atomic E-state index is 5.95. The topological polar surface area (TPSA) is 63.8 Å². The quantitative estimate of drug-likeness (QED) is 0.534. The molecule has 0 aliphatic heterocycles. The highest BCUT2D eigenvalue weighted by Crippen LogP contribution is 2.25. The Bertz CT molecular complexity index is 443. The number of nitrogens with one attached hydrogen (secondary N) is 1. The van der Waals surface area contributed by atoms with Crippen molar-refractivity contribution in [1.29, 1.82) is 0 Å². The summed E-state index contributed by atoms with van der Waals surface area (Å²) in [5.74, 6) is 5.80. The number of hydrazine groups is 1. The van der Waals surface area contributed by atoms with Gasteiger partial charge in [-0.15, -0.1) is 5.10 Å². The van der Waals surface area contributed by atoms with Crippen molar-refractivity contribution in [2.45, 2.75) is 0 Å². The van der Waals surface area contributed by atoms with E-state index in [0.717, 1.165) is 10.8 Å². The van der Waals surface area contributed by atoms with Crippen LogP contribution in [0, 0.1) is 0 Å². The fraction of sp³-hybridized carbons (Fsp3) is 0. The molecular weight excluding hydrogens is 188 g/mol. The molecule has 1 heterocycles. The largest absolute Gasteiger partial charge is 0.306 e. The van der Waals surface area contributed by atoms with Gasteiger partial charge in [-0.05, 0) is 6.07 Å². The molecule has 2 rings (SSSR count). The van der Waals surface area contributed by atoms with Crippen LogP contribution < -0.4 is 11.3 Å². The monoisotopic (exact) mass is 194 g/mol. The van der Waals surface area contributed by atoms with Gasteiger partial charge in [0.05, 0.1) is 11.2 Å².